The molecule has 82 valence electrons. The molecule has 5 N–H and O–H groups in total. The van der Waals surface area contributed by atoms with Gasteiger partial charge in [0.25, 0.3) is 0 Å². The number of hydrogen-bond donors (Lipinski definition) is 3. The van der Waals surface area contributed by atoms with Gasteiger partial charge in [0.15, 0.2) is 0 Å². The second-order valence-corrected chi connectivity index (χ2v) is 2.39. The Morgan fingerprint density at radius 1 is 1.43 bits per heavy atom. The molecule has 0 saturated heterocycles. The van der Waals surface area contributed by atoms with Crippen LogP contribution in [0.2, 0.25) is 0 Å². The number of allylic oxidation sites excluding steroid dienone is 1. The summed E-state index contributed by atoms with van der Waals surface area (Å²) in [4.78, 5) is 14.0. The predicted octanol–water partition coefficient (Wildman–Crippen LogP) is 0.359. The monoisotopic (exact) mass is 201 g/mol. The lowest BCUT2D eigenvalue weighted by atomic mass is 10.3. The van der Waals surface area contributed by atoms with Crippen molar-refractivity contribution in [3.8, 4) is 0 Å². The second kappa shape index (κ2) is 11.6. The highest BCUT2D eigenvalue weighted by molar-refractivity contribution is 5.77. The number of aliphatic carboxylic acids is 1. The van der Waals surface area contributed by atoms with E-state index in [1.165, 1.54) is 7.05 Å². The van der Waals surface area contributed by atoms with Gasteiger partial charge in [-0.3, -0.25) is 9.79 Å². The Hall–Kier alpha value is -1.36. The fraction of sp³-hybridized carbons (Fsp3) is 0.556. The Balaban J connectivity index is 0. The molecule has 0 fully saturated rings. The lowest BCUT2D eigenvalue weighted by Crippen LogP contribution is -2.05. The zero-order valence-corrected chi connectivity index (χ0v) is 8.73. The molecule has 0 aliphatic rings. The molecule has 0 heterocycles. The maximum absolute atomic E-state index is 10.1. The van der Waals surface area contributed by atoms with Crippen LogP contribution in [0.3, 0.4) is 0 Å². The van der Waals surface area contributed by atoms with Gasteiger partial charge in [-0.05, 0) is 20.4 Å². The Kier molecular flexibility index (Phi) is 12.6. The van der Waals surface area contributed by atoms with Crippen LogP contribution in [0.4, 0.5) is 0 Å². The van der Waals surface area contributed by atoms with Gasteiger partial charge in [0.1, 0.15) is 0 Å². The minimum Gasteiger partial charge on any atom is -0.481 e. The molecule has 5 nitrogen and oxygen atoms in total. The van der Waals surface area contributed by atoms with Gasteiger partial charge in [-0.2, -0.15) is 0 Å². The number of nitrogens with two attached hydrogens (primary N) is 2. The summed E-state index contributed by atoms with van der Waals surface area (Å²) in [5, 5.41) is 8.28. The third kappa shape index (κ3) is 16.9. The summed E-state index contributed by atoms with van der Waals surface area (Å²) in [6.45, 7) is 2.24. The molecule has 0 saturated carbocycles. The van der Waals surface area contributed by atoms with Gasteiger partial charge in [0, 0.05) is 6.42 Å². The number of nitrogens with zero attached hydrogens (tertiary/aromatic N) is 1. The van der Waals surface area contributed by atoms with Crippen molar-refractivity contribution < 1.29 is 9.90 Å². The lowest BCUT2D eigenvalue weighted by molar-refractivity contribution is -0.136. The van der Waals surface area contributed by atoms with Crippen molar-refractivity contribution >= 4 is 11.8 Å². The van der Waals surface area contributed by atoms with E-state index < -0.39 is 5.97 Å². The van der Waals surface area contributed by atoms with Crippen molar-refractivity contribution in [3.05, 3.63) is 12.2 Å². The van der Waals surface area contributed by atoms with Crippen LogP contribution >= 0.6 is 0 Å². The first-order valence-electron chi connectivity index (χ1n) is 4.34. The van der Waals surface area contributed by atoms with Gasteiger partial charge in [-0.1, -0.05) is 12.2 Å². The lowest BCUT2D eigenvalue weighted by Gasteiger charge is -1.88. The summed E-state index contributed by atoms with van der Waals surface area (Å²) < 4.78 is 0. The Morgan fingerprint density at radius 3 is 2.43 bits per heavy atom. The molecular formula is C9H19N3O2. The van der Waals surface area contributed by atoms with E-state index in [0.717, 1.165) is 0 Å². The Bertz CT molecular complexity index is 196. The van der Waals surface area contributed by atoms with Gasteiger partial charge in [-0.25, -0.2) is 0 Å². The van der Waals surface area contributed by atoms with Crippen molar-refractivity contribution in [2.45, 2.75) is 19.8 Å². The summed E-state index contributed by atoms with van der Waals surface area (Å²) in [5.41, 5.74) is 9.78. The summed E-state index contributed by atoms with van der Waals surface area (Å²) in [5.74, 6) is -0.240. The van der Waals surface area contributed by atoms with Crippen LogP contribution in [0.5, 0.6) is 0 Å². The quantitative estimate of drug-likeness (QED) is 0.339. The van der Waals surface area contributed by atoms with Crippen molar-refractivity contribution in [1.29, 1.82) is 0 Å². The smallest absolute Gasteiger partial charge is 0.303 e. The van der Waals surface area contributed by atoms with Crippen LogP contribution in [-0.2, 0) is 4.79 Å². The average Bonchev–Trinajstić information content (AvgIpc) is 2.13. The van der Waals surface area contributed by atoms with Crippen molar-refractivity contribution in [2.24, 2.45) is 16.5 Å². The SMILES string of the molecule is CC(N)=NC/C=C/CCC(=O)O.CN. The fourth-order valence-electron chi connectivity index (χ4n) is 0.596. The molecule has 0 aromatic rings. The molecule has 0 aliphatic heterocycles. The van der Waals surface area contributed by atoms with Crippen molar-refractivity contribution in [2.75, 3.05) is 13.6 Å². The summed E-state index contributed by atoms with van der Waals surface area (Å²) in [6.07, 6.45) is 4.32. The molecule has 0 bridgehead atoms. The zero-order valence-electron chi connectivity index (χ0n) is 8.73. The molecule has 0 aliphatic carbocycles. The fourth-order valence-corrected chi connectivity index (χ4v) is 0.596. The molecule has 0 unspecified atom stereocenters. The number of aliphatic imine (C=N–C) groups is 1. The molecule has 5 heteroatoms. The highest BCUT2D eigenvalue weighted by Crippen LogP contribution is 1.90. The Labute approximate surface area is 84.5 Å². The Morgan fingerprint density at radius 2 is 2.00 bits per heavy atom. The maximum atomic E-state index is 10.1. The van der Waals surface area contributed by atoms with E-state index >= 15 is 0 Å². The van der Waals surface area contributed by atoms with Crippen LogP contribution in [0.1, 0.15) is 19.8 Å². The number of carboxylic acids is 1. The van der Waals surface area contributed by atoms with Gasteiger partial charge in [0.05, 0.1) is 12.4 Å². The molecule has 0 rings (SSSR count). The molecule has 0 radical (unpaired) electrons. The standard InChI is InChI=1S/C8H14N2O2.CH5N/c1-7(9)10-6-4-2-3-5-8(11)12;1-2/h2,4H,3,5-6H2,1H3,(H2,9,10)(H,11,12);2H2,1H3/b4-2+;. The van der Waals surface area contributed by atoms with Crippen molar-refractivity contribution in [1.82, 2.24) is 0 Å². The molecule has 14 heavy (non-hydrogen) atoms. The first-order chi connectivity index (χ1) is 6.63. The zero-order chi connectivity index (χ0) is 11.4. The first-order valence-corrected chi connectivity index (χ1v) is 4.34. The van der Waals surface area contributed by atoms with E-state index in [9.17, 15) is 4.79 Å². The molecule has 0 spiro atoms. The summed E-state index contributed by atoms with van der Waals surface area (Å²) in [6, 6.07) is 0. The van der Waals surface area contributed by atoms with E-state index in [2.05, 4.69) is 10.7 Å². The molecular weight excluding hydrogens is 182 g/mol. The topological polar surface area (TPSA) is 102 Å². The van der Waals surface area contributed by atoms with Crippen LogP contribution < -0.4 is 11.5 Å². The van der Waals surface area contributed by atoms with E-state index in [1.807, 2.05) is 0 Å². The van der Waals surface area contributed by atoms with E-state index in [-0.39, 0.29) is 6.42 Å². The predicted molar refractivity (Wildman–Crippen MR) is 58.3 cm³/mol. The third-order valence-corrected chi connectivity index (χ3v) is 1.14. The highest BCUT2D eigenvalue weighted by Gasteiger charge is 1.90. The van der Waals surface area contributed by atoms with Gasteiger partial charge in [-0.15, -0.1) is 0 Å². The van der Waals surface area contributed by atoms with E-state index in [1.54, 1.807) is 19.1 Å². The number of carbonyl (C=O) groups is 1. The van der Waals surface area contributed by atoms with Crippen LogP contribution in [-0.4, -0.2) is 30.5 Å². The van der Waals surface area contributed by atoms with E-state index in [0.29, 0.717) is 18.8 Å². The largest absolute Gasteiger partial charge is 0.481 e. The molecule has 0 atom stereocenters. The number of carboxylic acid groups (broad SMARTS) is 1. The number of hydrogen-bond acceptors (Lipinski definition) is 3. The minimum absolute atomic E-state index is 0.168. The molecule has 0 aromatic carbocycles. The van der Waals surface area contributed by atoms with Crippen LogP contribution in [0.15, 0.2) is 17.1 Å². The summed E-state index contributed by atoms with van der Waals surface area (Å²) >= 11 is 0. The third-order valence-electron chi connectivity index (χ3n) is 1.14. The van der Waals surface area contributed by atoms with Gasteiger partial charge < -0.3 is 16.6 Å². The average molecular weight is 201 g/mol. The van der Waals surface area contributed by atoms with Crippen LogP contribution in [0.25, 0.3) is 0 Å². The first kappa shape index (κ1) is 15.1. The normalized spacial score (nSPS) is 10.9. The van der Waals surface area contributed by atoms with Gasteiger partial charge in [0.2, 0.25) is 0 Å². The van der Waals surface area contributed by atoms with Crippen molar-refractivity contribution in [3.63, 3.8) is 0 Å². The summed E-state index contributed by atoms with van der Waals surface area (Å²) in [7, 11) is 1.50. The van der Waals surface area contributed by atoms with E-state index in [4.69, 9.17) is 10.8 Å². The highest BCUT2D eigenvalue weighted by atomic mass is 16.4. The maximum Gasteiger partial charge on any atom is 0.303 e. The molecule has 0 aromatic heterocycles. The molecule has 0 amide bonds. The number of rotatable bonds is 5. The number of amidine groups is 1. The van der Waals surface area contributed by atoms with Gasteiger partial charge >= 0.3 is 5.97 Å². The minimum atomic E-state index is -0.779. The second-order valence-electron chi connectivity index (χ2n) is 2.39. The van der Waals surface area contributed by atoms with Crippen LogP contribution in [0, 0.1) is 0 Å².